The fourth-order valence-electron chi connectivity index (χ4n) is 2.77. The molecule has 0 saturated heterocycles. The topological polar surface area (TPSA) is 82.5 Å². The number of rotatable bonds is 6. The van der Waals surface area contributed by atoms with Gasteiger partial charge in [-0.1, -0.05) is 60.7 Å². The maximum absolute atomic E-state index is 12.1. The van der Waals surface area contributed by atoms with E-state index in [2.05, 4.69) is 10.3 Å². The van der Waals surface area contributed by atoms with Crippen molar-refractivity contribution in [2.24, 2.45) is 0 Å². The summed E-state index contributed by atoms with van der Waals surface area (Å²) < 4.78 is 12.1. The van der Waals surface area contributed by atoms with Crippen molar-refractivity contribution in [2.75, 3.05) is 0 Å². The summed E-state index contributed by atoms with van der Waals surface area (Å²) in [6, 6.07) is 22.1. The van der Waals surface area contributed by atoms with Gasteiger partial charge in [0.25, 0.3) is 0 Å². The highest BCUT2D eigenvalue weighted by Gasteiger charge is 2.33. The average Bonchev–Trinajstić information content (AvgIpc) is 2.63. The third-order valence-electron chi connectivity index (χ3n) is 3.95. The maximum atomic E-state index is 12.1. The maximum Gasteiger partial charge on any atom is 0.346 e. The van der Waals surface area contributed by atoms with Crippen molar-refractivity contribution in [3.05, 3.63) is 102 Å². The molecule has 5 nitrogen and oxygen atoms in total. The molecule has 1 atom stereocenters. The van der Waals surface area contributed by atoms with Gasteiger partial charge >= 0.3 is 7.60 Å². The van der Waals surface area contributed by atoms with Gasteiger partial charge in [-0.2, -0.15) is 0 Å². The van der Waals surface area contributed by atoms with Gasteiger partial charge in [0, 0.05) is 12.4 Å². The molecule has 0 radical (unpaired) electrons. The Hall–Kier alpha value is -2.30. The zero-order chi connectivity index (χ0) is 17.7. The Kier molecular flexibility index (Phi) is 5.41. The first-order chi connectivity index (χ1) is 12.1. The summed E-state index contributed by atoms with van der Waals surface area (Å²) in [6.45, 7) is 0. The summed E-state index contributed by atoms with van der Waals surface area (Å²) in [4.78, 5) is 23.7. The van der Waals surface area contributed by atoms with Crippen molar-refractivity contribution in [2.45, 2.75) is 11.8 Å². The summed E-state index contributed by atoms with van der Waals surface area (Å²) in [5, 5.41) is 3.15. The Morgan fingerprint density at radius 1 is 0.760 bits per heavy atom. The van der Waals surface area contributed by atoms with Gasteiger partial charge in [-0.15, -0.1) is 0 Å². The summed E-state index contributed by atoms with van der Waals surface area (Å²) >= 11 is 0. The predicted octanol–water partition coefficient (Wildman–Crippen LogP) is 3.64. The van der Waals surface area contributed by atoms with E-state index in [0.717, 1.165) is 11.1 Å². The van der Waals surface area contributed by atoms with Crippen LogP contribution in [0.5, 0.6) is 0 Å². The summed E-state index contributed by atoms with van der Waals surface area (Å²) in [6.07, 6.45) is 3.05. The number of aromatic nitrogens is 1. The van der Waals surface area contributed by atoms with E-state index in [4.69, 9.17) is 0 Å². The molecular weight excluding hydrogens is 335 g/mol. The molecule has 0 fully saturated rings. The molecule has 1 unspecified atom stereocenters. The first kappa shape index (κ1) is 17.5. The molecule has 2 aromatic carbocycles. The fourth-order valence-corrected chi connectivity index (χ4v) is 3.67. The second-order valence-corrected chi connectivity index (χ2v) is 7.39. The van der Waals surface area contributed by atoms with Crippen molar-refractivity contribution in [3.8, 4) is 0 Å². The highest BCUT2D eigenvalue weighted by molar-refractivity contribution is 7.52. The predicted molar refractivity (Wildman–Crippen MR) is 96.9 cm³/mol. The number of nitrogens with zero attached hydrogens (tertiary/aromatic N) is 1. The lowest BCUT2D eigenvalue weighted by Crippen LogP contribution is -2.27. The molecule has 6 heteroatoms. The molecule has 3 aromatic rings. The molecular formula is C19H19N2O3P. The van der Waals surface area contributed by atoms with E-state index in [1.807, 2.05) is 60.7 Å². The Balaban J connectivity index is 2.02. The minimum atomic E-state index is -4.43. The van der Waals surface area contributed by atoms with Crippen LogP contribution in [-0.4, -0.2) is 14.8 Å². The zero-order valence-corrected chi connectivity index (χ0v) is 14.3. The van der Waals surface area contributed by atoms with E-state index >= 15 is 0 Å². The molecule has 0 aliphatic heterocycles. The first-order valence-electron chi connectivity index (χ1n) is 7.87. The molecule has 0 bridgehead atoms. The van der Waals surface area contributed by atoms with Crippen molar-refractivity contribution in [3.63, 3.8) is 0 Å². The van der Waals surface area contributed by atoms with E-state index in [9.17, 15) is 14.4 Å². The Labute approximate surface area is 146 Å². The lowest BCUT2D eigenvalue weighted by molar-refractivity contribution is 0.343. The molecule has 1 aromatic heterocycles. The second-order valence-electron chi connectivity index (χ2n) is 5.69. The SMILES string of the molecule is O=P(O)(O)C(NC(c1ccccc1)c1ccccc1)c1ccncc1. The Morgan fingerprint density at radius 2 is 1.24 bits per heavy atom. The van der Waals surface area contributed by atoms with Crippen LogP contribution in [0.3, 0.4) is 0 Å². The highest BCUT2D eigenvalue weighted by Crippen LogP contribution is 2.51. The number of hydrogen-bond acceptors (Lipinski definition) is 3. The van der Waals surface area contributed by atoms with Crippen LogP contribution in [0.25, 0.3) is 0 Å². The van der Waals surface area contributed by atoms with Gasteiger partial charge in [0.2, 0.25) is 0 Å². The van der Waals surface area contributed by atoms with Crippen molar-refractivity contribution in [1.29, 1.82) is 0 Å². The van der Waals surface area contributed by atoms with Gasteiger partial charge in [-0.25, -0.2) is 0 Å². The van der Waals surface area contributed by atoms with Gasteiger partial charge in [0.15, 0.2) is 0 Å². The monoisotopic (exact) mass is 354 g/mol. The van der Waals surface area contributed by atoms with Crippen LogP contribution in [0.4, 0.5) is 0 Å². The first-order valence-corrected chi connectivity index (χ1v) is 9.55. The van der Waals surface area contributed by atoms with Crippen LogP contribution < -0.4 is 5.32 Å². The van der Waals surface area contributed by atoms with Crippen LogP contribution in [-0.2, 0) is 4.57 Å². The number of hydrogen-bond donors (Lipinski definition) is 3. The number of benzene rings is 2. The largest absolute Gasteiger partial charge is 0.346 e. The van der Waals surface area contributed by atoms with Gasteiger partial charge in [0.1, 0.15) is 5.78 Å². The van der Waals surface area contributed by atoms with Gasteiger partial charge in [-0.3, -0.25) is 14.9 Å². The number of nitrogens with one attached hydrogen (secondary N) is 1. The third-order valence-corrected chi connectivity index (χ3v) is 5.07. The molecule has 0 saturated carbocycles. The lowest BCUT2D eigenvalue weighted by atomic mass is 9.98. The van der Waals surface area contributed by atoms with E-state index in [-0.39, 0.29) is 6.04 Å². The molecule has 128 valence electrons. The summed E-state index contributed by atoms with van der Waals surface area (Å²) in [5.74, 6) is -1.12. The molecule has 0 spiro atoms. The quantitative estimate of drug-likeness (QED) is 0.589. The Bertz CT molecular complexity index is 799. The van der Waals surface area contributed by atoms with Crippen LogP contribution in [0.15, 0.2) is 85.2 Å². The Morgan fingerprint density at radius 3 is 1.68 bits per heavy atom. The molecule has 25 heavy (non-hydrogen) atoms. The van der Waals surface area contributed by atoms with Crippen molar-refractivity contribution < 1.29 is 14.4 Å². The zero-order valence-electron chi connectivity index (χ0n) is 13.4. The third kappa shape index (κ3) is 4.41. The smallest absolute Gasteiger partial charge is 0.323 e. The van der Waals surface area contributed by atoms with Gasteiger partial charge in [-0.05, 0) is 28.8 Å². The van der Waals surface area contributed by atoms with Crippen LogP contribution >= 0.6 is 7.60 Å². The van der Waals surface area contributed by atoms with Gasteiger partial charge < -0.3 is 9.79 Å². The summed E-state index contributed by atoms with van der Waals surface area (Å²) in [5.41, 5.74) is 2.36. The average molecular weight is 354 g/mol. The molecule has 0 aliphatic carbocycles. The second kappa shape index (κ2) is 7.72. The fraction of sp³-hybridized carbons (Fsp3) is 0.105. The molecule has 0 aliphatic rings. The normalized spacial score (nSPS) is 12.9. The minimum Gasteiger partial charge on any atom is -0.323 e. The molecule has 1 heterocycles. The van der Waals surface area contributed by atoms with Crippen LogP contribution in [0.1, 0.15) is 28.5 Å². The highest BCUT2D eigenvalue weighted by atomic mass is 31.2. The van der Waals surface area contributed by atoms with Crippen molar-refractivity contribution >= 4 is 7.60 Å². The van der Waals surface area contributed by atoms with E-state index in [1.165, 1.54) is 12.4 Å². The molecule has 3 rings (SSSR count). The van der Waals surface area contributed by atoms with Crippen LogP contribution in [0, 0.1) is 0 Å². The molecule has 0 amide bonds. The van der Waals surface area contributed by atoms with Gasteiger partial charge in [0.05, 0.1) is 6.04 Å². The van der Waals surface area contributed by atoms with E-state index in [0.29, 0.717) is 5.56 Å². The minimum absolute atomic E-state index is 0.354. The van der Waals surface area contributed by atoms with Crippen LogP contribution in [0.2, 0.25) is 0 Å². The van der Waals surface area contributed by atoms with Crippen molar-refractivity contribution in [1.82, 2.24) is 10.3 Å². The van der Waals surface area contributed by atoms with E-state index < -0.39 is 13.4 Å². The lowest BCUT2D eigenvalue weighted by Gasteiger charge is -2.27. The van der Waals surface area contributed by atoms with E-state index in [1.54, 1.807) is 12.1 Å². The molecule has 3 N–H and O–H groups in total. The standard InChI is InChI=1S/C19H19N2O3P/c22-25(23,24)19(17-11-13-20-14-12-17)21-18(15-7-3-1-4-8-15)16-9-5-2-6-10-16/h1-14,18-19,21H,(H2,22,23,24). The summed E-state index contributed by atoms with van der Waals surface area (Å²) in [7, 11) is -4.43. The number of pyridine rings is 1.